The number of esters is 1. The molecule has 1 saturated heterocycles. The summed E-state index contributed by atoms with van der Waals surface area (Å²) in [6.07, 6.45) is -4.07. The van der Waals surface area contributed by atoms with Gasteiger partial charge in [-0.3, -0.25) is 15.0 Å². The number of aromatic nitrogens is 3. The number of nitrogens with one attached hydrogen (secondary N) is 1. The number of hydrogen-bond acceptors (Lipinski definition) is 7. The molecule has 1 aliphatic heterocycles. The normalized spacial score (nSPS) is 16.0. The van der Waals surface area contributed by atoms with Crippen LogP contribution < -0.4 is 14.9 Å². The minimum absolute atomic E-state index is 0.0308. The summed E-state index contributed by atoms with van der Waals surface area (Å²) in [6.45, 7) is -0.518. The third-order valence-electron chi connectivity index (χ3n) is 4.60. The first-order chi connectivity index (χ1) is 14.1. The maximum Gasteiger partial charge on any atom is 0.464 e. The number of piperidine rings is 1. The van der Waals surface area contributed by atoms with E-state index in [1.807, 2.05) is 0 Å². The second-order valence-electron chi connectivity index (χ2n) is 6.90. The quantitative estimate of drug-likeness (QED) is 0.271. The smallest absolute Gasteiger partial charge is 0.464 e. The summed E-state index contributed by atoms with van der Waals surface area (Å²) < 4.78 is 43.7. The van der Waals surface area contributed by atoms with Crippen molar-refractivity contribution in [3.8, 4) is 0 Å². The summed E-state index contributed by atoms with van der Waals surface area (Å²) in [5, 5.41) is 28.7. The Morgan fingerprint density at radius 1 is 1.37 bits per heavy atom. The van der Waals surface area contributed by atoms with Crippen LogP contribution in [-0.4, -0.2) is 59.6 Å². The molecule has 9 nitrogen and oxygen atoms in total. The van der Waals surface area contributed by atoms with Crippen LogP contribution in [0.25, 0.3) is 11.0 Å². The van der Waals surface area contributed by atoms with E-state index < -0.39 is 24.8 Å². The Kier molecular flexibility index (Phi) is 6.81. The van der Waals surface area contributed by atoms with Gasteiger partial charge in [0.1, 0.15) is 6.10 Å². The zero-order valence-electron chi connectivity index (χ0n) is 15.7. The maximum absolute atomic E-state index is 12.4. The number of nitrogens with zero attached hydrogens (tertiary/aromatic N) is 4. The van der Waals surface area contributed by atoms with Crippen molar-refractivity contribution in [1.29, 1.82) is 0 Å². The lowest BCUT2D eigenvalue weighted by molar-refractivity contribution is -0.933. The minimum atomic E-state index is -4.24. The fraction of sp³-hybridized carbons (Fsp3) is 0.529. The molecule has 2 heterocycles. The van der Waals surface area contributed by atoms with Crippen molar-refractivity contribution in [3.63, 3.8) is 0 Å². The Hall–Kier alpha value is -2.41. The molecule has 0 spiro atoms. The van der Waals surface area contributed by atoms with Crippen molar-refractivity contribution in [1.82, 2.24) is 10.00 Å². The van der Waals surface area contributed by atoms with Crippen LogP contribution in [0.2, 0.25) is 0 Å². The highest BCUT2D eigenvalue weighted by Crippen LogP contribution is 2.21. The van der Waals surface area contributed by atoms with E-state index in [0.717, 1.165) is 0 Å². The summed E-state index contributed by atoms with van der Waals surface area (Å²) in [6, 6.07) is 4.67. The molecule has 3 rings (SSSR count). The van der Waals surface area contributed by atoms with Gasteiger partial charge in [-0.25, -0.2) is 9.94 Å². The van der Waals surface area contributed by atoms with Gasteiger partial charge in [0.25, 0.3) is 0 Å². The molecule has 2 aromatic rings. The fourth-order valence-corrected chi connectivity index (χ4v) is 3.54. The number of carbonyl (C=O) groups is 1. The van der Waals surface area contributed by atoms with Crippen molar-refractivity contribution < 1.29 is 37.5 Å². The summed E-state index contributed by atoms with van der Waals surface area (Å²) in [5.41, 5.74) is 0.368. The molecular weight excluding hydrogens is 475 g/mol. The van der Waals surface area contributed by atoms with Crippen LogP contribution in [0.4, 0.5) is 19.1 Å². The first-order valence-corrected chi connectivity index (χ1v) is 9.98. The predicted octanol–water partition coefficient (Wildman–Crippen LogP) is 1.53. The molecule has 30 heavy (non-hydrogen) atoms. The molecule has 1 aliphatic rings. The third-order valence-corrected chi connectivity index (χ3v) is 5.09. The third kappa shape index (κ3) is 5.81. The number of alkyl halides is 3. The van der Waals surface area contributed by atoms with Crippen LogP contribution in [0.5, 0.6) is 0 Å². The van der Waals surface area contributed by atoms with Gasteiger partial charge in [0.05, 0.1) is 19.5 Å². The number of benzene rings is 1. The van der Waals surface area contributed by atoms with Crippen molar-refractivity contribution in [2.24, 2.45) is 0 Å². The molecule has 0 amide bonds. The van der Waals surface area contributed by atoms with Gasteiger partial charge < -0.3 is 9.94 Å². The largest absolute Gasteiger partial charge is 0.739 e. The molecule has 13 heteroatoms. The topological polar surface area (TPSA) is 106 Å². The summed E-state index contributed by atoms with van der Waals surface area (Å²) >= 11 is 3.24. The second-order valence-corrected chi connectivity index (χ2v) is 7.81. The molecule has 164 valence electrons. The van der Waals surface area contributed by atoms with Crippen LogP contribution >= 0.6 is 15.9 Å². The van der Waals surface area contributed by atoms with Gasteiger partial charge in [0.15, 0.2) is 5.52 Å². The lowest BCUT2D eigenvalue weighted by Gasteiger charge is -2.31. The molecule has 1 aromatic heterocycles. The van der Waals surface area contributed by atoms with Gasteiger partial charge in [-0.2, -0.15) is 13.2 Å². The number of fused-ring (bicyclic) bond motifs is 1. The average molecular weight is 495 g/mol. The predicted molar refractivity (Wildman–Crippen MR) is 100 cm³/mol. The van der Waals surface area contributed by atoms with E-state index in [2.05, 4.69) is 26.3 Å². The Balaban J connectivity index is 1.47. The average Bonchev–Trinajstić information content (AvgIpc) is 2.66. The van der Waals surface area contributed by atoms with E-state index in [-0.39, 0.29) is 43.0 Å². The molecule has 0 saturated carbocycles. The Labute approximate surface area is 177 Å². The van der Waals surface area contributed by atoms with Gasteiger partial charge in [0.2, 0.25) is 9.94 Å². The Morgan fingerprint density at radius 3 is 2.73 bits per heavy atom. The van der Waals surface area contributed by atoms with E-state index in [1.165, 1.54) is 17.0 Å². The zero-order chi connectivity index (χ0) is 21.9. The first-order valence-electron chi connectivity index (χ1n) is 9.19. The molecule has 0 aliphatic carbocycles. The van der Waals surface area contributed by atoms with E-state index in [0.29, 0.717) is 26.9 Å². The van der Waals surface area contributed by atoms with Gasteiger partial charge in [-0.15, -0.1) is 0 Å². The van der Waals surface area contributed by atoms with Crippen LogP contribution in [0.1, 0.15) is 19.3 Å². The molecule has 1 fully saturated rings. The zero-order valence-corrected chi connectivity index (χ0v) is 17.3. The first kappa shape index (κ1) is 22.3. The number of hydrogen-bond donors (Lipinski definition) is 2. The van der Waals surface area contributed by atoms with Gasteiger partial charge in [0, 0.05) is 23.6 Å². The molecule has 0 radical (unpaired) electrons. The molecule has 0 unspecified atom stereocenters. The second kappa shape index (κ2) is 9.16. The van der Waals surface area contributed by atoms with Gasteiger partial charge >= 0.3 is 23.6 Å². The SMILES string of the molecule is O=C(CCNc1n[n+](O)c2cc(Br)ccc2[n+]1[O-])OC1CCN(CC(F)(F)F)CC1. The fourth-order valence-electron chi connectivity index (χ4n) is 3.19. The van der Waals surface area contributed by atoms with Crippen molar-refractivity contribution in [3.05, 3.63) is 27.9 Å². The van der Waals surface area contributed by atoms with Crippen molar-refractivity contribution in [2.75, 3.05) is 31.5 Å². The number of rotatable bonds is 6. The Morgan fingerprint density at radius 2 is 2.07 bits per heavy atom. The van der Waals surface area contributed by atoms with Crippen molar-refractivity contribution >= 4 is 38.9 Å². The van der Waals surface area contributed by atoms with E-state index in [9.17, 15) is 28.4 Å². The molecule has 2 N–H and O–H groups in total. The summed E-state index contributed by atoms with van der Waals surface area (Å²) in [4.78, 5) is 13.8. The van der Waals surface area contributed by atoms with Crippen molar-refractivity contribution in [2.45, 2.75) is 31.5 Å². The maximum atomic E-state index is 12.4. The summed E-state index contributed by atoms with van der Waals surface area (Å²) in [5.74, 6) is -0.726. The highest BCUT2D eigenvalue weighted by atomic mass is 79.9. The van der Waals surface area contributed by atoms with E-state index in [1.54, 1.807) is 6.07 Å². The standard InChI is InChI=1S/C17H20BrF3N5O4/c18-11-1-2-13-14(9-11)26(29)23-16(25(13)28)22-6-3-15(27)30-12-4-7-24(8-5-12)10-17(19,20)21/h1-2,9,12H,3-8,10H2,(H2,22,23,29)/q+1. The number of carbonyl (C=O) groups excluding carboxylic acids is 1. The molecule has 0 atom stereocenters. The molecule has 1 aromatic carbocycles. The monoisotopic (exact) mass is 494 g/mol. The molecule has 0 bridgehead atoms. The minimum Gasteiger partial charge on any atom is -0.739 e. The number of anilines is 1. The lowest BCUT2D eigenvalue weighted by Crippen LogP contribution is -2.46. The van der Waals surface area contributed by atoms with Crippen LogP contribution in [0.15, 0.2) is 22.7 Å². The Bertz CT molecular complexity index is 922. The molecular formula is C17H20BrF3N5O4+. The van der Waals surface area contributed by atoms with E-state index in [4.69, 9.17) is 4.74 Å². The lowest BCUT2D eigenvalue weighted by atomic mass is 10.1. The van der Waals surface area contributed by atoms with Gasteiger partial charge in [-0.1, -0.05) is 15.9 Å². The highest BCUT2D eigenvalue weighted by Gasteiger charge is 2.33. The van der Waals surface area contributed by atoms with Crippen LogP contribution in [0, 0.1) is 5.21 Å². The number of halogens is 4. The highest BCUT2D eigenvalue weighted by molar-refractivity contribution is 9.10. The number of likely N-dealkylation sites (tertiary alicyclic amines) is 1. The summed E-state index contributed by atoms with van der Waals surface area (Å²) in [7, 11) is 0. The van der Waals surface area contributed by atoms with Crippen LogP contribution in [0.3, 0.4) is 0 Å². The number of ether oxygens (including phenoxy) is 1. The van der Waals surface area contributed by atoms with Crippen LogP contribution in [-0.2, 0) is 9.53 Å². The van der Waals surface area contributed by atoms with E-state index >= 15 is 0 Å². The van der Waals surface area contributed by atoms with Gasteiger partial charge in [-0.05, 0) is 25.0 Å².